The summed E-state index contributed by atoms with van der Waals surface area (Å²) in [6.07, 6.45) is 3.23. The van der Waals surface area contributed by atoms with Gasteiger partial charge in [0.05, 0.1) is 11.8 Å². The van der Waals surface area contributed by atoms with Crippen LogP contribution >= 0.6 is 0 Å². The van der Waals surface area contributed by atoms with Crippen molar-refractivity contribution in [3.63, 3.8) is 0 Å². The van der Waals surface area contributed by atoms with Crippen molar-refractivity contribution in [2.45, 2.75) is 52.7 Å². The summed E-state index contributed by atoms with van der Waals surface area (Å²) in [5.41, 5.74) is 6.66. The van der Waals surface area contributed by atoms with Crippen molar-refractivity contribution in [1.29, 1.82) is 0 Å². The molecule has 104 valence electrons. The lowest BCUT2D eigenvalue weighted by atomic mass is 9.88. The van der Waals surface area contributed by atoms with Gasteiger partial charge in [-0.15, -0.1) is 0 Å². The molecule has 0 aliphatic rings. The van der Waals surface area contributed by atoms with Crippen LogP contribution in [0.25, 0.3) is 0 Å². The average Bonchev–Trinajstić information content (AvgIpc) is 2.76. The smallest absolute Gasteiger partial charge is 0.0650 e. The molecule has 1 aromatic heterocycles. The van der Waals surface area contributed by atoms with Crippen LogP contribution in [-0.4, -0.2) is 27.5 Å². The topological polar surface area (TPSA) is 64.1 Å². The number of hydrogen-bond donors (Lipinski definition) is 2. The highest BCUT2D eigenvalue weighted by Crippen LogP contribution is 2.18. The minimum absolute atomic E-state index is 0.138. The molecule has 0 bridgehead atoms. The van der Waals surface area contributed by atoms with Crippen molar-refractivity contribution in [3.8, 4) is 0 Å². The maximum atomic E-state index is 10.2. The van der Waals surface area contributed by atoms with Crippen LogP contribution < -0.4 is 5.73 Å². The van der Waals surface area contributed by atoms with Gasteiger partial charge in [0, 0.05) is 18.7 Å². The number of aliphatic hydroxyl groups excluding tert-OH is 1. The zero-order chi connectivity index (χ0) is 13.7. The fourth-order valence-corrected chi connectivity index (χ4v) is 2.16. The van der Waals surface area contributed by atoms with E-state index in [-0.39, 0.29) is 5.92 Å². The van der Waals surface area contributed by atoms with E-state index < -0.39 is 6.10 Å². The number of rotatable bonds is 7. The van der Waals surface area contributed by atoms with Gasteiger partial charge in [0.25, 0.3) is 0 Å². The Morgan fingerprint density at radius 2 is 2.06 bits per heavy atom. The Hall–Kier alpha value is -0.870. The number of aromatic nitrogens is 2. The third-order valence-corrected chi connectivity index (χ3v) is 3.75. The van der Waals surface area contributed by atoms with E-state index in [4.69, 9.17) is 5.73 Å². The second kappa shape index (κ2) is 6.90. The van der Waals surface area contributed by atoms with E-state index in [9.17, 15) is 5.11 Å². The molecular weight excluding hydrogens is 226 g/mol. The van der Waals surface area contributed by atoms with E-state index >= 15 is 0 Å². The molecule has 0 amide bonds. The van der Waals surface area contributed by atoms with E-state index in [1.807, 2.05) is 16.9 Å². The first-order valence-corrected chi connectivity index (χ1v) is 6.91. The summed E-state index contributed by atoms with van der Waals surface area (Å²) in [7, 11) is 0. The first-order valence-electron chi connectivity index (χ1n) is 6.91. The van der Waals surface area contributed by atoms with Crippen LogP contribution in [0.5, 0.6) is 0 Å². The molecule has 0 radical (unpaired) electrons. The first-order chi connectivity index (χ1) is 8.49. The minimum Gasteiger partial charge on any atom is -0.392 e. The summed E-state index contributed by atoms with van der Waals surface area (Å²) >= 11 is 0. The zero-order valence-electron chi connectivity index (χ0n) is 12.0. The molecule has 0 saturated heterocycles. The molecule has 1 rings (SSSR count). The quantitative estimate of drug-likeness (QED) is 0.781. The first kappa shape index (κ1) is 15.2. The maximum absolute atomic E-state index is 10.2. The molecule has 0 saturated carbocycles. The lowest BCUT2D eigenvalue weighted by Crippen LogP contribution is -2.33. The van der Waals surface area contributed by atoms with Gasteiger partial charge in [0.1, 0.15) is 0 Å². The Kier molecular flexibility index (Phi) is 5.82. The molecule has 0 aromatic carbocycles. The summed E-state index contributed by atoms with van der Waals surface area (Å²) in [5, 5.41) is 14.7. The molecule has 3 N–H and O–H groups in total. The largest absolute Gasteiger partial charge is 0.392 e. The minimum atomic E-state index is -0.407. The van der Waals surface area contributed by atoms with Gasteiger partial charge in [0.15, 0.2) is 0 Å². The Morgan fingerprint density at radius 3 is 2.56 bits per heavy atom. The van der Waals surface area contributed by atoms with Crippen molar-refractivity contribution in [2.75, 3.05) is 6.54 Å². The molecule has 4 heteroatoms. The third-order valence-electron chi connectivity index (χ3n) is 3.75. The molecule has 18 heavy (non-hydrogen) atoms. The van der Waals surface area contributed by atoms with Gasteiger partial charge < -0.3 is 10.8 Å². The van der Waals surface area contributed by atoms with Gasteiger partial charge in [0.2, 0.25) is 0 Å². The van der Waals surface area contributed by atoms with Crippen molar-refractivity contribution in [2.24, 2.45) is 17.6 Å². The summed E-state index contributed by atoms with van der Waals surface area (Å²) in [6, 6.07) is 2.40. The number of hydrogen-bond acceptors (Lipinski definition) is 3. The lowest BCUT2D eigenvalue weighted by molar-refractivity contribution is 0.0853. The van der Waals surface area contributed by atoms with Gasteiger partial charge in [-0.2, -0.15) is 5.10 Å². The Bertz CT molecular complexity index is 349. The Labute approximate surface area is 110 Å². The van der Waals surface area contributed by atoms with E-state index in [2.05, 4.69) is 32.8 Å². The monoisotopic (exact) mass is 253 g/mol. The van der Waals surface area contributed by atoms with Crippen LogP contribution in [0.2, 0.25) is 0 Å². The van der Waals surface area contributed by atoms with Gasteiger partial charge in [-0.3, -0.25) is 4.68 Å². The molecule has 0 fully saturated rings. The van der Waals surface area contributed by atoms with Gasteiger partial charge in [-0.05, 0) is 37.8 Å². The van der Waals surface area contributed by atoms with Gasteiger partial charge in [-0.1, -0.05) is 20.8 Å². The molecule has 1 heterocycles. The summed E-state index contributed by atoms with van der Waals surface area (Å²) in [4.78, 5) is 0. The molecule has 4 nitrogen and oxygen atoms in total. The van der Waals surface area contributed by atoms with Gasteiger partial charge in [-0.25, -0.2) is 0 Å². The Balaban J connectivity index is 2.64. The summed E-state index contributed by atoms with van der Waals surface area (Å²) < 4.78 is 1.97. The predicted octanol–water partition coefficient (Wildman–Crippen LogP) is 1.99. The molecule has 3 atom stereocenters. The van der Waals surface area contributed by atoms with Crippen LogP contribution in [0.3, 0.4) is 0 Å². The molecule has 0 aliphatic heterocycles. The van der Waals surface area contributed by atoms with Gasteiger partial charge >= 0.3 is 0 Å². The highest BCUT2D eigenvalue weighted by Gasteiger charge is 2.22. The Morgan fingerprint density at radius 1 is 1.39 bits per heavy atom. The second-order valence-electron chi connectivity index (χ2n) is 5.46. The van der Waals surface area contributed by atoms with Crippen molar-refractivity contribution in [1.82, 2.24) is 9.78 Å². The van der Waals surface area contributed by atoms with Crippen molar-refractivity contribution in [3.05, 3.63) is 18.0 Å². The molecule has 3 unspecified atom stereocenters. The lowest BCUT2D eigenvalue weighted by Gasteiger charge is -2.24. The fraction of sp³-hybridized carbons (Fsp3) is 0.786. The fourth-order valence-electron chi connectivity index (χ4n) is 2.16. The van der Waals surface area contributed by atoms with Crippen LogP contribution in [0.4, 0.5) is 0 Å². The zero-order valence-corrected chi connectivity index (χ0v) is 12.0. The van der Waals surface area contributed by atoms with Crippen molar-refractivity contribution >= 4 is 0 Å². The SMILES string of the molecule is CCC(C)n1ccc(CC(O)C(CN)C(C)C)n1. The molecular formula is C14H27N3O. The molecule has 0 spiro atoms. The van der Waals surface area contributed by atoms with E-state index in [0.717, 1.165) is 12.1 Å². The normalized spacial score (nSPS) is 16.8. The molecule has 1 aromatic rings. The van der Waals surface area contributed by atoms with E-state index in [0.29, 0.717) is 24.9 Å². The van der Waals surface area contributed by atoms with Crippen LogP contribution in [0.1, 0.15) is 45.9 Å². The number of aliphatic hydroxyl groups is 1. The van der Waals surface area contributed by atoms with Crippen LogP contribution in [0, 0.1) is 11.8 Å². The number of nitrogens with zero attached hydrogens (tertiary/aromatic N) is 2. The predicted molar refractivity (Wildman–Crippen MR) is 74.3 cm³/mol. The number of nitrogens with two attached hydrogens (primary N) is 1. The highest BCUT2D eigenvalue weighted by molar-refractivity contribution is 5.02. The standard InChI is InChI=1S/C14H27N3O/c1-5-11(4)17-7-6-12(16-17)8-14(18)13(9-15)10(2)3/h6-7,10-11,13-14,18H,5,8-9,15H2,1-4H3. The third kappa shape index (κ3) is 3.82. The van der Waals surface area contributed by atoms with E-state index in [1.54, 1.807) is 0 Å². The van der Waals surface area contributed by atoms with Crippen molar-refractivity contribution < 1.29 is 5.11 Å². The average molecular weight is 253 g/mol. The highest BCUT2D eigenvalue weighted by atomic mass is 16.3. The molecule has 0 aliphatic carbocycles. The second-order valence-corrected chi connectivity index (χ2v) is 5.46. The van der Waals surface area contributed by atoms with Crippen LogP contribution in [0.15, 0.2) is 12.3 Å². The van der Waals surface area contributed by atoms with E-state index in [1.165, 1.54) is 0 Å². The summed E-state index contributed by atoms with van der Waals surface area (Å²) in [6.45, 7) is 9.00. The maximum Gasteiger partial charge on any atom is 0.0650 e. The van der Waals surface area contributed by atoms with Crippen LogP contribution in [-0.2, 0) is 6.42 Å². The summed E-state index contributed by atoms with van der Waals surface area (Å²) in [5.74, 6) is 0.528.